The minimum atomic E-state index is -0.259. The summed E-state index contributed by atoms with van der Waals surface area (Å²) in [6, 6.07) is 6.99. The Bertz CT molecular complexity index is 636. The van der Waals surface area contributed by atoms with Crippen molar-refractivity contribution in [2.45, 2.75) is 25.8 Å². The summed E-state index contributed by atoms with van der Waals surface area (Å²) in [7, 11) is 0. The fourth-order valence-electron chi connectivity index (χ4n) is 2.69. The Balaban J connectivity index is 2.03. The number of hydrogen-bond acceptors (Lipinski definition) is 4. The number of hydrogen-bond donors (Lipinski definition) is 1. The number of benzene rings is 1. The number of aryl methyl sites for hydroxylation is 1. The van der Waals surface area contributed by atoms with Crippen molar-refractivity contribution in [2.24, 2.45) is 5.73 Å². The second kappa shape index (κ2) is 5.77. The Hall–Kier alpha value is -2.01. The molecule has 1 fully saturated rings. The van der Waals surface area contributed by atoms with Gasteiger partial charge in [0, 0.05) is 24.7 Å². The minimum absolute atomic E-state index is 0.254. The van der Waals surface area contributed by atoms with Gasteiger partial charge in [-0.25, -0.2) is 14.4 Å². The van der Waals surface area contributed by atoms with E-state index in [2.05, 4.69) is 14.9 Å². The van der Waals surface area contributed by atoms with E-state index >= 15 is 0 Å². The maximum absolute atomic E-state index is 14.1. The van der Waals surface area contributed by atoms with Crippen molar-refractivity contribution >= 4 is 5.69 Å². The van der Waals surface area contributed by atoms with Crippen LogP contribution in [0.3, 0.4) is 0 Å². The molecular formula is C16H19FN4. The molecule has 21 heavy (non-hydrogen) atoms. The number of rotatable bonds is 2. The van der Waals surface area contributed by atoms with Gasteiger partial charge in [-0.2, -0.15) is 0 Å². The van der Waals surface area contributed by atoms with Gasteiger partial charge in [-0.3, -0.25) is 0 Å². The Morgan fingerprint density at radius 3 is 2.67 bits per heavy atom. The number of aromatic nitrogens is 2. The molecule has 1 aromatic heterocycles. The Kier molecular flexibility index (Phi) is 3.84. The van der Waals surface area contributed by atoms with Crippen LogP contribution in [-0.2, 0) is 0 Å². The van der Waals surface area contributed by atoms with E-state index in [4.69, 9.17) is 5.73 Å². The van der Waals surface area contributed by atoms with Crippen LogP contribution >= 0.6 is 0 Å². The van der Waals surface area contributed by atoms with E-state index in [1.165, 1.54) is 6.07 Å². The van der Waals surface area contributed by atoms with E-state index in [0.717, 1.165) is 31.6 Å². The van der Waals surface area contributed by atoms with Crippen LogP contribution in [0.25, 0.3) is 11.3 Å². The maximum atomic E-state index is 14.1. The summed E-state index contributed by atoms with van der Waals surface area (Å²) in [5.74, 6) is 0.385. The number of anilines is 1. The van der Waals surface area contributed by atoms with Crippen molar-refractivity contribution in [3.05, 3.63) is 42.1 Å². The first-order valence-corrected chi connectivity index (χ1v) is 7.24. The molecule has 4 nitrogen and oxygen atoms in total. The highest BCUT2D eigenvalue weighted by Crippen LogP contribution is 2.31. The molecule has 5 heteroatoms. The molecule has 0 amide bonds. The predicted octanol–water partition coefficient (Wildman–Crippen LogP) is 2.52. The maximum Gasteiger partial charge on any atom is 0.132 e. The monoisotopic (exact) mass is 286 g/mol. The highest BCUT2D eigenvalue weighted by Gasteiger charge is 2.21. The molecule has 1 aliphatic rings. The molecule has 110 valence electrons. The van der Waals surface area contributed by atoms with Crippen LogP contribution in [0.15, 0.2) is 30.5 Å². The van der Waals surface area contributed by atoms with Crippen LogP contribution in [0.4, 0.5) is 10.1 Å². The summed E-state index contributed by atoms with van der Waals surface area (Å²) in [4.78, 5) is 11.0. The second-order valence-corrected chi connectivity index (χ2v) is 5.46. The molecule has 1 saturated heterocycles. The number of nitrogens with two attached hydrogens (primary N) is 1. The first-order chi connectivity index (χ1) is 10.1. The van der Waals surface area contributed by atoms with Gasteiger partial charge in [0.2, 0.25) is 0 Å². The minimum Gasteiger partial charge on any atom is -0.368 e. The van der Waals surface area contributed by atoms with Gasteiger partial charge in [-0.05, 0) is 31.9 Å². The third-order valence-electron chi connectivity index (χ3n) is 3.90. The molecule has 1 aromatic carbocycles. The van der Waals surface area contributed by atoms with Gasteiger partial charge < -0.3 is 10.6 Å². The summed E-state index contributed by atoms with van der Waals surface area (Å²) < 4.78 is 14.1. The number of piperidine rings is 1. The highest BCUT2D eigenvalue weighted by molar-refractivity contribution is 5.75. The first kappa shape index (κ1) is 13.9. The zero-order valence-corrected chi connectivity index (χ0v) is 12.1. The Morgan fingerprint density at radius 1 is 1.24 bits per heavy atom. The van der Waals surface area contributed by atoms with Crippen LogP contribution in [-0.4, -0.2) is 29.1 Å². The fraction of sp³-hybridized carbons (Fsp3) is 0.375. The molecule has 0 unspecified atom stereocenters. The molecule has 0 radical (unpaired) electrons. The van der Waals surface area contributed by atoms with Gasteiger partial charge in [-0.15, -0.1) is 0 Å². The van der Waals surface area contributed by atoms with Crippen LogP contribution < -0.4 is 10.6 Å². The summed E-state index contributed by atoms with van der Waals surface area (Å²) in [6.45, 7) is 3.53. The van der Waals surface area contributed by atoms with E-state index in [-0.39, 0.29) is 11.9 Å². The van der Waals surface area contributed by atoms with Crippen LogP contribution in [0.1, 0.15) is 18.7 Å². The molecule has 0 bridgehead atoms. The second-order valence-electron chi connectivity index (χ2n) is 5.46. The molecular weight excluding hydrogens is 267 g/mol. The van der Waals surface area contributed by atoms with Crippen molar-refractivity contribution in [3.63, 3.8) is 0 Å². The van der Waals surface area contributed by atoms with Crippen molar-refractivity contribution in [1.82, 2.24) is 9.97 Å². The van der Waals surface area contributed by atoms with Crippen LogP contribution in [0, 0.1) is 12.7 Å². The van der Waals surface area contributed by atoms with Crippen molar-refractivity contribution < 1.29 is 4.39 Å². The normalized spacial score (nSPS) is 16.2. The summed E-state index contributed by atoms with van der Waals surface area (Å²) >= 11 is 0. The average Bonchev–Trinajstić information content (AvgIpc) is 2.49. The van der Waals surface area contributed by atoms with E-state index in [0.29, 0.717) is 17.1 Å². The molecule has 2 aromatic rings. The SMILES string of the molecule is Cc1ncc(N2CCC(N)CC2)c(-c2ccccc2F)n1. The van der Waals surface area contributed by atoms with Crippen molar-refractivity contribution in [1.29, 1.82) is 0 Å². The Labute approximate surface area is 123 Å². The summed E-state index contributed by atoms with van der Waals surface area (Å²) in [5.41, 5.74) is 8.03. The highest BCUT2D eigenvalue weighted by atomic mass is 19.1. The quantitative estimate of drug-likeness (QED) is 0.921. The van der Waals surface area contributed by atoms with Gasteiger partial charge in [0.05, 0.1) is 11.9 Å². The third kappa shape index (κ3) is 2.88. The topological polar surface area (TPSA) is 55.0 Å². The zero-order valence-electron chi connectivity index (χ0n) is 12.1. The van der Waals surface area contributed by atoms with E-state index < -0.39 is 0 Å². The van der Waals surface area contributed by atoms with Crippen LogP contribution in [0.2, 0.25) is 0 Å². The van der Waals surface area contributed by atoms with Gasteiger partial charge in [0.15, 0.2) is 0 Å². The average molecular weight is 286 g/mol. The lowest BCUT2D eigenvalue weighted by molar-refractivity contribution is 0.500. The molecule has 1 aliphatic heterocycles. The Morgan fingerprint density at radius 2 is 1.95 bits per heavy atom. The van der Waals surface area contributed by atoms with E-state index in [1.807, 2.05) is 13.0 Å². The summed E-state index contributed by atoms with van der Waals surface area (Å²) in [5, 5.41) is 0. The third-order valence-corrected chi connectivity index (χ3v) is 3.90. The van der Waals surface area contributed by atoms with Gasteiger partial charge >= 0.3 is 0 Å². The van der Waals surface area contributed by atoms with Gasteiger partial charge in [0.25, 0.3) is 0 Å². The molecule has 0 spiro atoms. The smallest absolute Gasteiger partial charge is 0.132 e. The lowest BCUT2D eigenvalue weighted by Gasteiger charge is -2.32. The van der Waals surface area contributed by atoms with Crippen LogP contribution in [0.5, 0.6) is 0 Å². The molecule has 0 aliphatic carbocycles. The lowest BCUT2D eigenvalue weighted by atomic mass is 10.0. The first-order valence-electron chi connectivity index (χ1n) is 7.24. The van der Waals surface area contributed by atoms with Crippen molar-refractivity contribution in [2.75, 3.05) is 18.0 Å². The molecule has 0 atom stereocenters. The zero-order chi connectivity index (χ0) is 14.8. The number of halogens is 1. The molecule has 0 saturated carbocycles. The predicted molar refractivity (Wildman–Crippen MR) is 81.6 cm³/mol. The van der Waals surface area contributed by atoms with Crippen molar-refractivity contribution in [3.8, 4) is 11.3 Å². The summed E-state index contributed by atoms with van der Waals surface area (Å²) in [6.07, 6.45) is 3.66. The largest absolute Gasteiger partial charge is 0.368 e. The standard InChI is InChI=1S/C16H19FN4/c1-11-19-10-15(21-8-6-12(18)7-9-21)16(20-11)13-4-2-3-5-14(13)17/h2-5,10,12H,6-9,18H2,1H3. The van der Waals surface area contributed by atoms with Gasteiger partial charge in [0.1, 0.15) is 17.3 Å². The molecule has 2 heterocycles. The van der Waals surface area contributed by atoms with Gasteiger partial charge in [-0.1, -0.05) is 12.1 Å². The molecule has 3 rings (SSSR count). The fourth-order valence-corrected chi connectivity index (χ4v) is 2.69. The van der Waals surface area contributed by atoms with E-state index in [9.17, 15) is 4.39 Å². The molecule has 2 N–H and O–H groups in total. The lowest BCUT2D eigenvalue weighted by Crippen LogP contribution is -2.40. The van der Waals surface area contributed by atoms with E-state index in [1.54, 1.807) is 18.3 Å². The number of nitrogens with zero attached hydrogens (tertiary/aromatic N) is 3.